The Kier molecular flexibility index (Phi) is 3.48. The zero-order valence-corrected chi connectivity index (χ0v) is 8.91. The van der Waals surface area contributed by atoms with Crippen LogP contribution in [0.3, 0.4) is 0 Å². The van der Waals surface area contributed by atoms with Crippen LogP contribution < -0.4 is 5.32 Å². The van der Waals surface area contributed by atoms with E-state index in [9.17, 15) is 0 Å². The Morgan fingerprint density at radius 1 is 1.38 bits per heavy atom. The predicted octanol–water partition coefficient (Wildman–Crippen LogP) is 1.96. The molecule has 3 nitrogen and oxygen atoms in total. The standard InChI is InChI=1S/C10H19N3/c1-8(2)11-5-10-6-13(7-12-10)9(3)4/h6-9,11H,5H2,1-4H3. The minimum absolute atomic E-state index is 0.500. The Balaban J connectivity index is 2.49. The van der Waals surface area contributed by atoms with Gasteiger partial charge in [-0.2, -0.15) is 0 Å². The fourth-order valence-corrected chi connectivity index (χ4v) is 1.06. The van der Waals surface area contributed by atoms with Crippen molar-refractivity contribution in [3.63, 3.8) is 0 Å². The fraction of sp³-hybridized carbons (Fsp3) is 0.700. The van der Waals surface area contributed by atoms with Crippen LogP contribution in [-0.4, -0.2) is 15.6 Å². The predicted molar refractivity (Wildman–Crippen MR) is 54.6 cm³/mol. The van der Waals surface area contributed by atoms with Gasteiger partial charge in [0, 0.05) is 24.8 Å². The van der Waals surface area contributed by atoms with Crippen molar-refractivity contribution >= 4 is 0 Å². The Bertz CT molecular complexity index is 250. The molecule has 1 heterocycles. The van der Waals surface area contributed by atoms with Crippen LogP contribution in [0, 0.1) is 0 Å². The molecule has 0 amide bonds. The lowest BCUT2D eigenvalue weighted by Gasteiger charge is -2.06. The second kappa shape index (κ2) is 4.42. The normalized spacial score (nSPS) is 11.5. The average molecular weight is 181 g/mol. The molecule has 0 atom stereocenters. The topological polar surface area (TPSA) is 29.9 Å². The summed E-state index contributed by atoms with van der Waals surface area (Å²) in [6.07, 6.45) is 3.99. The van der Waals surface area contributed by atoms with E-state index in [4.69, 9.17) is 0 Å². The van der Waals surface area contributed by atoms with Gasteiger partial charge in [0.2, 0.25) is 0 Å². The van der Waals surface area contributed by atoms with Crippen molar-refractivity contribution in [3.05, 3.63) is 18.2 Å². The Morgan fingerprint density at radius 2 is 2.08 bits per heavy atom. The fourth-order valence-electron chi connectivity index (χ4n) is 1.06. The SMILES string of the molecule is CC(C)NCc1cn(C(C)C)cn1. The van der Waals surface area contributed by atoms with Crippen molar-refractivity contribution in [2.24, 2.45) is 0 Å². The third kappa shape index (κ3) is 3.19. The maximum absolute atomic E-state index is 4.31. The Hall–Kier alpha value is -0.830. The summed E-state index contributed by atoms with van der Waals surface area (Å²) in [5.74, 6) is 0. The van der Waals surface area contributed by atoms with Crippen molar-refractivity contribution in [1.29, 1.82) is 0 Å². The molecular weight excluding hydrogens is 162 g/mol. The van der Waals surface area contributed by atoms with E-state index >= 15 is 0 Å². The van der Waals surface area contributed by atoms with Gasteiger partial charge in [0.25, 0.3) is 0 Å². The van der Waals surface area contributed by atoms with Gasteiger partial charge in [-0.25, -0.2) is 4.98 Å². The zero-order chi connectivity index (χ0) is 9.84. The molecule has 0 saturated heterocycles. The summed E-state index contributed by atoms with van der Waals surface area (Å²) in [5.41, 5.74) is 1.11. The summed E-state index contributed by atoms with van der Waals surface area (Å²) in [5, 5.41) is 3.34. The van der Waals surface area contributed by atoms with Gasteiger partial charge in [-0.3, -0.25) is 0 Å². The van der Waals surface area contributed by atoms with Crippen molar-refractivity contribution in [1.82, 2.24) is 14.9 Å². The molecule has 0 aliphatic heterocycles. The van der Waals surface area contributed by atoms with E-state index in [1.165, 1.54) is 0 Å². The third-order valence-corrected chi connectivity index (χ3v) is 1.94. The molecule has 0 aromatic carbocycles. The number of aromatic nitrogens is 2. The molecule has 0 saturated carbocycles. The molecule has 1 rings (SSSR count). The highest BCUT2D eigenvalue weighted by atomic mass is 15.1. The first-order valence-corrected chi connectivity index (χ1v) is 4.85. The smallest absolute Gasteiger partial charge is 0.0952 e. The Morgan fingerprint density at radius 3 is 2.54 bits per heavy atom. The van der Waals surface area contributed by atoms with Gasteiger partial charge >= 0.3 is 0 Å². The molecule has 0 fully saturated rings. The van der Waals surface area contributed by atoms with Gasteiger partial charge in [-0.1, -0.05) is 13.8 Å². The lowest BCUT2D eigenvalue weighted by molar-refractivity contribution is 0.578. The summed E-state index contributed by atoms with van der Waals surface area (Å²) in [6, 6.07) is 1.02. The highest BCUT2D eigenvalue weighted by Gasteiger charge is 2.01. The first kappa shape index (κ1) is 10.3. The molecule has 1 aromatic heterocycles. The van der Waals surface area contributed by atoms with E-state index in [0.29, 0.717) is 12.1 Å². The van der Waals surface area contributed by atoms with Gasteiger partial charge < -0.3 is 9.88 Å². The lowest BCUT2D eigenvalue weighted by Crippen LogP contribution is -2.21. The molecule has 13 heavy (non-hydrogen) atoms. The maximum atomic E-state index is 4.31. The number of rotatable bonds is 4. The van der Waals surface area contributed by atoms with Gasteiger partial charge in [0.05, 0.1) is 12.0 Å². The largest absolute Gasteiger partial charge is 0.335 e. The number of nitrogens with zero attached hydrogens (tertiary/aromatic N) is 2. The summed E-state index contributed by atoms with van der Waals surface area (Å²) >= 11 is 0. The highest BCUT2D eigenvalue weighted by molar-refractivity contribution is 4.97. The van der Waals surface area contributed by atoms with E-state index < -0.39 is 0 Å². The number of hydrogen-bond donors (Lipinski definition) is 1. The van der Waals surface area contributed by atoms with Gasteiger partial charge in [0.1, 0.15) is 0 Å². The quantitative estimate of drug-likeness (QED) is 0.769. The molecule has 1 aromatic rings. The number of imidazole rings is 1. The molecule has 3 heteroatoms. The first-order valence-electron chi connectivity index (χ1n) is 4.85. The minimum atomic E-state index is 0.500. The van der Waals surface area contributed by atoms with Gasteiger partial charge in [-0.05, 0) is 13.8 Å². The monoisotopic (exact) mass is 181 g/mol. The number of nitrogens with one attached hydrogen (secondary N) is 1. The van der Waals surface area contributed by atoms with E-state index in [1.807, 2.05) is 6.33 Å². The van der Waals surface area contributed by atoms with Crippen molar-refractivity contribution in [2.75, 3.05) is 0 Å². The summed E-state index contributed by atoms with van der Waals surface area (Å²) in [7, 11) is 0. The summed E-state index contributed by atoms with van der Waals surface area (Å²) < 4.78 is 2.12. The third-order valence-electron chi connectivity index (χ3n) is 1.94. The van der Waals surface area contributed by atoms with Crippen LogP contribution in [0.25, 0.3) is 0 Å². The Labute approximate surface area is 80.2 Å². The van der Waals surface area contributed by atoms with Gasteiger partial charge in [0.15, 0.2) is 0 Å². The highest BCUT2D eigenvalue weighted by Crippen LogP contribution is 2.05. The maximum Gasteiger partial charge on any atom is 0.0952 e. The van der Waals surface area contributed by atoms with Gasteiger partial charge in [-0.15, -0.1) is 0 Å². The van der Waals surface area contributed by atoms with E-state index in [1.54, 1.807) is 0 Å². The van der Waals surface area contributed by atoms with Crippen molar-refractivity contribution < 1.29 is 0 Å². The first-order chi connectivity index (χ1) is 6.09. The van der Waals surface area contributed by atoms with Crippen LogP contribution >= 0.6 is 0 Å². The molecule has 0 aliphatic rings. The van der Waals surface area contributed by atoms with Crippen LogP contribution in [0.2, 0.25) is 0 Å². The molecule has 0 unspecified atom stereocenters. The minimum Gasteiger partial charge on any atom is -0.335 e. The van der Waals surface area contributed by atoms with Crippen LogP contribution in [0.1, 0.15) is 39.4 Å². The molecule has 0 radical (unpaired) electrons. The molecule has 0 spiro atoms. The van der Waals surface area contributed by atoms with E-state index in [-0.39, 0.29) is 0 Å². The van der Waals surface area contributed by atoms with Crippen LogP contribution in [0.4, 0.5) is 0 Å². The van der Waals surface area contributed by atoms with Crippen molar-refractivity contribution in [3.8, 4) is 0 Å². The van der Waals surface area contributed by atoms with Crippen LogP contribution in [0.15, 0.2) is 12.5 Å². The molecule has 0 bridgehead atoms. The van der Waals surface area contributed by atoms with Crippen LogP contribution in [0.5, 0.6) is 0 Å². The second-order valence-corrected chi connectivity index (χ2v) is 3.94. The molecule has 74 valence electrons. The van der Waals surface area contributed by atoms with E-state index in [2.05, 4.69) is 48.8 Å². The zero-order valence-electron chi connectivity index (χ0n) is 8.91. The summed E-state index contributed by atoms with van der Waals surface area (Å²) in [4.78, 5) is 4.31. The van der Waals surface area contributed by atoms with Crippen molar-refractivity contribution in [2.45, 2.75) is 46.3 Å². The molecule has 1 N–H and O–H groups in total. The lowest BCUT2D eigenvalue weighted by atomic mass is 10.3. The molecule has 0 aliphatic carbocycles. The number of hydrogen-bond acceptors (Lipinski definition) is 2. The summed E-state index contributed by atoms with van der Waals surface area (Å²) in [6.45, 7) is 9.44. The second-order valence-electron chi connectivity index (χ2n) is 3.94. The van der Waals surface area contributed by atoms with E-state index in [0.717, 1.165) is 12.2 Å². The van der Waals surface area contributed by atoms with Crippen LogP contribution in [-0.2, 0) is 6.54 Å². The molecular formula is C10H19N3. The average Bonchev–Trinajstić information content (AvgIpc) is 2.48.